The Kier molecular flexibility index (Phi) is 45.7. The number of hydrogen-bond acceptors (Lipinski definition) is 6. The van der Waals surface area contributed by atoms with Gasteiger partial charge >= 0.3 is 17.9 Å². The topological polar surface area (TPSA) is 78.9 Å². The van der Waals surface area contributed by atoms with Crippen LogP contribution in [0, 0.1) is 0 Å². The molecule has 1 unspecified atom stereocenters. The molecule has 0 aliphatic carbocycles. The van der Waals surface area contributed by atoms with E-state index in [-0.39, 0.29) is 31.6 Å². The van der Waals surface area contributed by atoms with Crippen LogP contribution in [0.4, 0.5) is 0 Å². The summed E-state index contributed by atoms with van der Waals surface area (Å²) in [7, 11) is 0. The third-order valence-electron chi connectivity index (χ3n) is 9.43. The molecule has 0 N–H and O–H groups in total. The van der Waals surface area contributed by atoms with Gasteiger partial charge in [-0.3, -0.25) is 14.4 Å². The normalized spacial score (nSPS) is 13.3. The smallest absolute Gasteiger partial charge is 0.310 e. The highest BCUT2D eigenvalue weighted by atomic mass is 16.6. The average Bonchev–Trinajstić information content (AvgIpc) is 3.27. The lowest BCUT2D eigenvalue weighted by Crippen LogP contribution is -2.30. The van der Waals surface area contributed by atoms with Gasteiger partial charge in [-0.05, 0) is 96.3 Å². The fourth-order valence-corrected chi connectivity index (χ4v) is 5.87. The van der Waals surface area contributed by atoms with Crippen molar-refractivity contribution in [1.29, 1.82) is 0 Å². The Morgan fingerprint density at radius 1 is 0.355 bits per heavy atom. The fraction of sp³-hybridized carbons (Fsp3) is 0.554. The van der Waals surface area contributed by atoms with E-state index in [4.69, 9.17) is 14.2 Å². The SMILES string of the molecule is CC/C=C\C/C=C\C/C=C\C/C=C\C/C=C\C/C=C\CCCCCCC(=O)OCC(COC(=O)CCCCCCCC)OC(=O)C/C=C\C/C=C\C/C=C\C/C=C\C/C=C\CC. The Morgan fingerprint density at radius 3 is 1.06 bits per heavy atom. The number of carbonyl (C=O) groups is 3. The molecular formula is C56H86O6. The summed E-state index contributed by atoms with van der Waals surface area (Å²) in [6.07, 6.45) is 69.1. The van der Waals surface area contributed by atoms with Gasteiger partial charge in [0.1, 0.15) is 13.2 Å². The minimum absolute atomic E-state index is 0.0856. The monoisotopic (exact) mass is 855 g/mol. The standard InChI is InChI=1S/C56H86O6/c1-4-7-10-13-16-18-20-22-24-25-26-27-28-29-30-31-33-34-36-38-40-43-46-49-55(58)61-52-53(51-60-54(57)48-45-42-15-12-9-6-3)62-56(59)50-47-44-41-39-37-35-32-23-21-19-17-14-11-8-5-2/h7-8,10-11,16-19,22-24,26-27,29-30,32-34,37,39,44,47,53H,4-6,9,12-15,20-21,25,28,31,35-36,38,40-43,45-46,48-52H2,1-3H3/b10-7-,11-8-,18-16-,19-17-,24-22-,27-26-,30-29-,32-23-,34-33-,39-37-,47-44-. The molecule has 0 saturated carbocycles. The van der Waals surface area contributed by atoms with Crippen LogP contribution < -0.4 is 0 Å². The summed E-state index contributed by atoms with van der Waals surface area (Å²) < 4.78 is 16.5. The number of allylic oxidation sites excluding steroid dienone is 21. The Morgan fingerprint density at radius 2 is 0.677 bits per heavy atom. The van der Waals surface area contributed by atoms with Crippen molar-refractivity contribution in [3.63, 3.8) is 0 Å². The summed E-state index contributed by atoms with van der Waals surface area (Å²) >= 11 is 0. The molecule has 62 heavy (non-hydrogen) atoms. The van der Waals surface area contributed by atoms with Gasteiger partial charge in [0.25, 0.3) is 0 Å². The summed E-state index contributed by atoms with van der Waals surface area (Å²) in [5.74, 6) is -1.11. The molecule has 0 aliphatic rings. The van der Waals surface area contributed by atoms with E-state index in [1.54, 1.807) is 6.08 Å². The highest BCUT2D eigenvalue weighted by molar-refractivity contribution is 5.72. The van der Waals surface area contributed by atoms with E-state index in [1.165, 1.54) is 19.3 Å². The summed E-state index contributed by atoms with van der Waals surface area (Å²) in [6, 6.07) is 0. The van der Waals surface area contributed by atoms with Crippen LogP contribution in [0.1, 0.15) is 181 Å². The lowest BCUT2D eigenvalue weighted by molar-refractivity contribution is -0.166. The second-order valence-electron chi connectivity index (χ2n) is 15.3. The first-order valence-corrected chi connectivity index (χ1v) is 24.2. The zero-order valence-electron chi connectivity index (χ0n) is 39.3. The van der Waals surface area contributed by atoms with Crippen LogP contribution in [0.15, 0.2) is 134 Å². The molecular weight excluding hydrogens is 769 g/mol. The second-order valence-corrected chi connectivity index (χ2v) is 15.3. The molecule has 0 bridgehead atoms. The van der Waals surface area contributed by atoms with E-state index >= 15 is 0 Å². The zero-order chi connectivity index (χ0) is 45.1. The van der Waals surface area contributed by atoms with E-state index < -0.39 is 12.1 Å². The van der Waals surface area contributed by atoms with Crippen LogP contribution in [0.5, 0.6) is 0 Å². The van der Waals surface area contributed by atoms with Crippen LogP contribution >= 0.6 is 0 Å². The predicted octanol–water partition coefficient (Wildman–Crippen LogP) is 15.9. The molecule has 0 rings (SSSR count). The van der Waals surface area contributed by atoms with Gasteiger partial charge in [0, 0.05) is 12.8 Å². The van der Waals surface area contributed by atoms with Crippen molar-refractivity contribution in [2.24, 2.45) is 0 Å². The van der Waals surface area contributed by atoms with E-state index in [2.05, 4.69) is 142 Å². The zero-order valence-corrected chi connectivity index (χ0v) is 39.3. The Hall–Kier alpha value is -4.45. The molecule has 346 valence electrons. The minimum atomic E-state index is -0.843. The highest BCUT2D eigenvalue weighted by Gasteiger charge is 2.19. The molecule has 6 heteroatoms. The third-order valence-corrected chi connectivity index (χ3v) is 9.43. The summed E-state index contributed by atoms with van der Waals surface area (Å²) in [5.41, 5.74) is 0. The molecule has 0 radical (unpaired) electrons. The largest absolute Gasteiger partial charge is 0.462 e. The maximum Gasteiger partial charge on any atom is 0.310 e. The maximum atomic E-state index is 12.7. The number of ether oxygens (including phenoxy) is 3. The molecule has 0 fully saturated rings. The minimum Gasteiger partial charge on any atom is -0.462 e. The molecule has 0 aromatic carbocycles. The predicted molar refractivity (Wildman–Crippen MR) is 265 cm³/mol. The van der Waals surface area contributed by atoms with Crippen molar-refractivity contribution in [2.45, 2.75) is 187 Å². The van der Waals surface area contributed by atoms with Crippen LogP contribution in [0.3, 0.4) is 0 Å². The van der Waals surface area contributed by atoms with Crippen molar-refractivity contribution in [3.05, 3.63) is 134 Å². The van der Waals surface area contributed by atoms with Gasteiger partial charge in [0.05, 0.1) is 6.42 Å². The van der Waals surface area contributed by atoms with Crippen molar-refractivity contribution in [1.82, 2.24) is 0 Å². The van der Waals surface area contributed by atoms with Crippen LogP contribution in [-0.4, -0.2) is 37.2 Å². The number of unbranched alkanes of at least 4 members (excludes halogenated alkanes) is 9. The van der Waals surface area contributed by atoms with Crippen molar-refractivity contribution in [2.75, 3.05) is 13.2 Å². The Balaban J connectivity index is 4.41. The van der Waals surface area contributed by atoms with Gasteiger partial charge in [-0.1, -0.05) is 199 Å². The van der Waals surface area contributed by atoms with Crippen LogP contribution in [0.2, 0.25) is 0 Å². The quantitative estimate of drug-likeness (QED) is 0.0264. The molecule has 1 atom stereocenters. The van der Waals surface area contributed by atoms with E-state index in [0.717, 1.165) is 116 Å². The van der Waals surface area contributed by atoms with E-state index in [1.807, 2.05) is 6.08 Å². The molecule has 0 heterocycles. The third kappa shape index (κ3) is 46.6. The second kappa shape index (κ2) is 49.2. The number of esters is 3. The van der Waals surface area contributed by atoms with Crippen molar-refractivity contribution >= 4 is 17.9 Å². The lowest BCUT2D eigenvalue weighted by Gasteiger charge is -2.18. The van der Waals surface area contributed by atoms with Gasteiger partial charge in [0.15, 0.2) is 6.10 Å². The summed E-state index contributed by atoms with van der Waals surface area (Å²) in [5, 5.41) is 0. The van der Waals surface area contributed by atoms with Crippen LogP contribution in [0.25, 0.3) is 0 Å². The first-order chi connectivity index (χ1) is 30.5. The number of hydrogen-bond donors (Lipinski definition) is 0. The molecule has 0 saturated heterocycles. The fourth-order valence-electron chi connectivity index (χ4n) is 5.87. The average molecular weight is 855 g/mol. The molecule has 0 aromatic heterocycles. The first-order valence-electron chi connectivity index (χ1n) is 24.2. The molecule has 0 aromatic rings. The van der Waals surface area contributed by atoms with Crippen molar-refractivity contribution < 1.29 is 28.6 Å². The molecule has 0 amide bonds. The van der Waals surface area contributed by atoms with Crippen LogP contribution in [-0.2, 0) is 28.6 Å². The van der Waals surface area contributed by atoms with Gasteiger partial charge < -0.3 is 14.2 Å². The van der Waals surface area contributed by atoms with E-state index in [0.29, 0.717) is 19.3 Å². The lowest BCUT2D eigenvalue weighted by atomic mass is 10.1. The summed E-state index contributed by atoms with van der Waals surface area (Å²) in [6.45, 7) is 6.20. The van der Waals surface area contributed by atoms with Gasteiger partial charge in [-0.2, -0.15) is 0 Å². The number of rotatable bonds is 41. The Labute approximate surface area is 379 Å². The molecule has 0 spiro atoms. The van der Waals surface area contributed by atoms with Gasteiger partial charge in [0.2, 0.25) is 0 Å². The number of carbonyl (C=O) groups excluding carboxylic acids is 3. The van der Waals surface area contributed by atoms with E-state index in [9.17, 15) is 14.4 Å². The maximum absolute atomic E-state index is 12.7. The van der Waals surface area contributed by atoms with Gasteiger partial charge in [-0.15, -0.1) is 0 Å². The summed E-state index contributed by atoms with van der Waals surface area (Å²) in [4.78, 5) is 37.6. The van der Waals surface area contributed by atoms with Crippen molar-refractivity contribution in [3.8, 4) is 0 Å². The van der Waals surface area contributed by atoms with Gasteiger partial charge in [-0.25, -0.2) is 0 Å². The Bertz CT molecular complexity index is 1400. The highest BCUT2D eigenvalue weighted by Crippen LogP contribution is 2.10. The first kappa shape index (κ1) is 57.5. The molecule has 6 nitrogen and oxygen atoms in total. The molecule has 0 aliphatic heterocycles.